The third kappa shape index (κ3) is 3.34. The van der Waals surface area contributed by atoms with Gasteiger partial charge in [0.2, 0.25) is 0 Å². The SMILES string of the molecule is CCCNC(C(F)(F)F)(C(F)(F)F)C(F)(F)F.Cl. The van der Waals surface area contributed by atoms with E-state index in [1.165, 1.54) is 0 Å². The third-order valence-electron chi connectivity index (χ3n) is 1.92. The van der Waals surface area contributed by atoms with E-state index < -0.39 is 30.6 Å². The molecule has 1 N–H and O–H groups in total. The third-order valence-corrected chi connectivity index (χ3v) is 1.92. The zero-order valence-electron chi connectivity index (χ0n) is 8.72. The van der Waals surface area contributed by atoms with Crippen molar-refractivity contribution in [3.63, 3.8) is 0 Å². The number of hydrogen-bond acceptors (Lipinski definition) is 1. The van der Waals surface area contributed by atoms with Crippen molar-refractivity contribution >= 4 is 12.4 Å². The summed E-state index contributed by atoms with van der Waals surface area (Å²) < 4.78 is 110. The minimum atomic E-state index is -6.53. The van der Waals surface area contributed by atoms with Crippen LogP contribution in [-0.2, 0) is 0 Å². The molecule has 18 heavy (non-hydrogen) atoms. The second-order valence-electron chi connectivity index (χ2n) is 3.17. The first-order chi connectivity index (χ1) is 7.31. The molecule has 0 unspecified atom stereocenters. The van der Waals surface area contributed by atoms with E-state index in [0.29, 0.717) is 5.32 Å². The molecular weight excluding hydrogens is 305 g/mol. The fourth-order valence-corrected chi connectivity index (χ4v) is 1.10. The van der Waals surface area contributed by atoms with Crippen LogP contribution in [0.5, 0.6) is 0 Å². The van der Waals surface area contributed by atoms with Crippen LogP contribution in [0.15, 0.2) is 0 Å². The van der Waals surface area contributed by atoms with Crippen LogP contribution in [-0.4, -0.2) is 30.6 Å². The quantitative estimate of drug-likeness (QED) is 0.781. The van der Waals surface area contributed by atoms with Crippen molar-refractivity contribution in [3.8, 4) is 0 Å². The van der Waals surface area contributed by atoms with Gasteiger partial charge in [0.25, 0.3) is 0 Å². The molecule has 0 rings (SSSR count). The van der Waals surface area contributed by atoms with Gasteiger partial charge in [-0.05, 0) is 13.0 Å². The fraction of sp³-hybridized carbons (Fsp3) is 1.00. The highest BCUT2D eigenvalue weighted by molar-refractivity contribution is 5.85. The van der Waals surface area contributed by atoms with Crippen molar-refractivity contribution in [3.05, 3.63) is 0 Å². The van der Waals surface area contributed by atoms with Crippen molar-refractivity contribution in [2.24, 2.45) is 0 Å². The molecule has 0 spiro atoms. The lowest BCUT2D eigenvalue weighted by Crippen LogP contribution is -2.74. The summed E-state index contributed by atoms with van der Waals surface area (Å²) in [6, 6.07) is 0. The molecular formula is C7H9ClF9N. The normalized spacial score (nSPS) is 14.3. The summed E-state index contributed by atoms with van der Waals surface area (Å²) in [6.45, 7) is 0.0689. The first-order valence-corrected chi connectivity index (χ1v) is 4.26. The minimum Gasteiger partial charge on any atom is -0.288 e. The summed E-state index contributed by atoms with van der Waals surface area (Å²) in [4.78, 5) is 0. The summed E-state index contributed by atoms with van der Waals surface area (Å²) in [5, 5.41) is 0.528. The van der Waals surface area contributed by atoms with Gasteiger partial charge >= 0.3 is 24.1 Å². The van der Waals surface area contributed by atoms with Gasteiger partial charge in [-0.3, -0.25) is 5.32 Å². The predicted molar refractivity (Wildman–Crippen MR) is 46.4 cm³/mol. The van der Waals surface area contributed by atoms with E-state index in [-0.39, 0.29) is 18.8 Å². The lowest BCUT2D eigenvalue weighted by Gasteiger charge is -2.39. The van der Waals surface area contributed by atoms with Crippen LogP contribution < -0.4 is 5.32 Å². The smallest absolute Gasteiger partial charge is 0.288 e. The first kappa shape index (κ1) is 19.9. The summed E-state index contributed by atoms with van der Waals surface area (Å²) in [5.74, 6) is 0. The lowest BCUT2D eigenvalue weighted by atomic mass is 9.96. The van der Waals surface area contributed by atoms with Gasteiger partial charge in [0.1, 0.15) is 0 Å². The lowest BCUT2D eigenvalue weighted by molar-refractivity contribution is -0.389. The first-order valence-electron chi connectivity index (χ1n) is 4.26. The molecule has 0 fully saturated rings. The van der Waals surface area contributed by atoms with Crippen LogP contribution in [0.3, 0.4) is 0 Å². The molecule has 0 heterocycles. The van der Waals surface area contributed by atoms with Crippen LogP contribution in [0.1, 0.15) is 13.3 Å². The molecule has 1 nitrogen and oxygen atoms in total. The Labute approximate surface area is 102 Å². The van der Waals surface area contributed by atoms with Gasteiger partial charge in [-0.2, -0.15) is 39.5 Å². The van der Waals surface area contributed by atoms with Gasteiger partial charge in [0.15, 0.2) is 0 Å². The fourth-order valence-electron chi connectivity index (χ4n) is 1.10. The standard InChI is InChI=1S/C7H8F9N.ClH/c1-2-3-17-4(5(8,9)10,6(11,12)13)7(14,15)16;/h17H,2-3H2,1H3;1H. The Balaban J connectivity index is 0. The molecule has 0 aliphatic heterocycles. The van der Waals surface area contributed by atoms with Crippen molar-refractivity contribution in [1.29, 1.82) is 0 Å². The molecule has 0 saturated carbocycles. The average Bonchev–Trinajstić information content (AvgIpc) is 1.96. The maximum atomic E-state index is 12.2. The van der Waals surface area contributed by atoms with Gasteiger partial charge in [-0.25, -0.2) is 0 Å². The molecule has 11 heteroatoms. The summed E-state index contributed by atoms with van der Waals surface area (Å²) in [5.41, 5.74) is -5.89. The van der Waals surface area contributed by atoms with Crippen molar-refractivity contribution in [1.82, 2.24) is 5.32 Å². The summed E-state index contributed by atoms with van der Waals surface area (Å²) in [7, 11) is 0. The molecule has 0 aliphatic carbocycles. The highest BCUT2D eigenvalue weighted by Crippen LogP contribution is 2.52. The van der Waals surface area contributed by atoms with Crippen LogP contribution in [0.2, 0.25) is 0 Å². The highest BCUT2D eigenvalue weighted by atomic mass is 35.5. The Kier molecular flexibility index (Phi) is 6.34. The van der Waals surface area contributed by atoms with Gasteiger partial charge in [0, 0.05) is 0 Å². The van der Waals surface area contributed by atoms with Crippen molar-refractivity contribution in [2.75, 3.05) is 6.54 Å². The van der Waals surface area contributed by atoms with E-state index in [4.69, 9.17) is 0 Å². The Morgan fingerprint density at radius 2 is 1.00 bits per heavy atom. The molecule has 0 amide bonds. The molecule has 0 aliphatic rings. The molecule has 112 valence electrons. The zero-order valence-corrected chi connectivity index (χ0v) is 9.54. The summed E-state index contributed by atoms with van der Waals surface area (Å²) >= 11 is 0. The Morgan fingerprint density at radius 3 is 1.17 bits per heavy atom. The van der Waals surface area contributed by atoms with Gasteiger partial charge in [0.05, 0.1) is 0 Å². The molecule has 0 aromatic rings. The number of nitrogens with one attached hydrogen (secondary N) is 1. The molecule has 0 radical (unpaired) electrons. The topological polar surface area (TPSA) is 12.0 Å². The van der Waals surface area contributed by atoms with Crippen LogP contribution >= 0.6 is 12.4 Å². The van der Waals surface area contributed by atoms with E-state index in [1.54, 1.807) is 0 Å². The van der Waals surface area contributed by atoms with Crippen LogP contribution in [0.4, 0.5) is 39.5 Å². The second-order valence-corrected chi connectivity index (χ2v) is 3.17. The largest absolute Gasteiger partial charge is 0.424 e. The zero-order chi connectivity index (χ0) is 14.1. The predicted octanol–water partition coefficient (Wildman–Crippen LogP) is 3.83. The van der Waals surface area contributed by atoms with Crippen LogP contribution in [0.25, 0.3) is 0 Å². The number of halogens is 10. The van der Waals surface area contributed by atoms with Gasteiger partial charge in [-0.15, -0.1) is 12.4 Å². The molecule has 0 aromatic heterocycles. The average molecular weight is 314 g/mol. The van der Waals surface area contributed by atoms with Gasteiger partial charge in [-0.1, -0.05) is 6.92 Å². The summed E-state index contributed by atoms with van der Waals surface area (Å²) in [6.07, 6.45) is -19.9. The van der Waals surface area contributed by atoms with E-state index >= 15 is 0 Å². The molecule has 0 aromatic carbocycles. The van der Waals surface area contributed by atoms with E-state index in [2.05, 4.69) is 0 Å². The van der Waals surface area contributed by atoms with E-state index in [0.717, 1.165) is 6.92 Å². The monoisotopic (exact) mass is 313 g/mol. The number of alkyl halides is 9. The number of hydrogen-bond donors (Lipinski definition) is 1. The van der Waals surface area contributed by atoms with Crippen molar-refractivity contribution in [2.45, 2.75) is 37.4 Å². The second kappa shape index (κ2) is 5.72. The van der Waals surface area contributed by atoms with Gasteiger partial charge < -0.3 is 0 Å². The van der Waals surface area contributed by atoms with E-state index in [1.807, 2.05) is 0 Å². The Bertz CT molecular complexity index is 217. The number of rotatable bonds is 3. The molecule has 0 saturated heterocycles. The maximum absolute atomic E-state index is 12.2. The Hall–Kier alpha value is -0.380. The van der Waals surface area contributed by atoms with E-state index in [9.17, 15) is 39.5 Å². The van der Waals surface area contributed by atoms with Crippen molar-refractivity contribution < 1.29 is 39.5 Å². The molecule has 0 atom stereocenters. The van der Waals surface area contributed by atoms with Crippen LogP contribution in [0, 0.1) is 0 Å². The minimum absolute atomic E-state index is 0. The highest BCUT2D eigenvalue weighted by Gasteiger charge is 2.83. The molecule has 0 bridgehead atoms. The Morgan fingerprint density at radius 1 is 0.722 bits per heavy atom. The maximum Gasteiger partial charge on any atom is 0.424 e.